The lowest BCUT2D eigenvalue weighted by Crippen LogP contribution is -2.22. The normalized spacial score (nSPS) is 11.2. The summed E-state index contributed by atoms with van der Waals surface area (Å²) in [5.74, 6) is 0.883. The number of nitrogens with zero attached hydrogens (tertiary/aromatic N) is 4. The van der Waals surface area contributed by atoms with E-state index in [9.17, 15) is 4.79 Å². The van der Waals surface area contributed by atoms with E-state index in [-0.39, 0.29) is 6.61 Å². The van der Waals surface area contributed by atoms with Gasteiger partial charge in [-0.25, -0.2) is 14.5 Å². The van der Waals surface area contributed by atoms with Crippen LogP contribution in [-0.2, 0) is 17.8 Å². The number of pyridine rings is 2. The summed E-state index contributed by atoms with van der Waals surface area (Å²) in [5.41, 5.74) is 4.75. The van der Waals surface area contributed by atoms with Gasteiger partial charge in [-0.05, 0) is 61.4 Å². The van der Waals surface area contributed by atoms with E-state index in [0.717, 1.165) is 33.2 Å². The van der Waals surface area contributed by atoms with E-state index in [4.69, 9.17) is 24.6 Å². The number of fused-ring (bicyclic) bond motifs is 3. The van der Waals surface area contributed by atoms with Gasteiger partial charge in [-0.3, -0.25) is 5.41 Å². The van der Waals surface area contributed by atoms with Crippen molar-refractivity contribution >= 4 is 27.9 Å². The lowest BCUT2D eigenvalue weighted by molar-refractivity contribution is 0.0526. The van der Waals surface area contributed by atoms with E-state index < -0.39 is 5.97 Å². The summed E-state index contributed by atoms with van der Waals surface area (Å²) in [6.45, 7) is 5.17. The molecule has 194 valence electrons. The molecule has 9 nitrogen and oxygen atoms in total. The number of methoxy groups -OCH3 is 2. The molecule has 3 aromatic heterocycles. The zero-order valence-electron chi connectivity index (χ0n) is 21.8. The van der Waals surface area contributed by atoms with Gasteiger partial charge in [0.25, 0.3) is 0 Å². The van der Waals surface area contributed by atoms with E-state index in [1.54, 1.807) is 33.3 Å². The maximum atomic E-state index is 12.5. The Morgan fingerprint density at radius 2 is 1.74 bits per heavy atom. The average Bonchev–Trinajstić information content (AvgIpc) is 3.35. The zero-order chi connectivity index (χ0) is 26.8. The maximum Gasteiger partial charge on any atom is 0.338 e. The molecule has 38 heavy (non-hydrogen) atoms. The maximum absolute atomic E-state index is 12.5. The Morgan fingerprint density at radius 3 is 2.42 bits per heavy atom. The van der Waals surface area contributed by atoms with Crippen molar-refractivity contribution in [3.8, 4) is 22.6 Å². The second-order valence-electron chi connectivity index (χ2n) is 8.77. The summed E-state index contributed by atoms with van der Waals surface area (Å²) < 4.78 is 19.7. The van der Waals surface area contributed by atoms with Crippen LogP contribution >= 0.6 is 0 Å². The molecule has 0 unspecified atom stereocenters. The number of benzene rings is 2. The molecule has 0 bridgehead atoms. The molecule has 0 saturated heterocycles. The first-order valence-corrected chi connectivity index (χ1v) is 12.4. The topological polar surface area (TPSA) is 104 Å². The molecule has 0 radical (unpaired) electrons. The highest BCUT2D eigenvalue weighted by Crippen LogP contribution is 2.29. The summed E-state index contributed by atoms with van der Waals surface area (Å²) in [7, 11) is 3.19. The van der Waals surface area contributed by atoms with Crippen molar-refractivity contribution in [3.63, 3.8) is 0 Å². The average molecular weight is 512 g/mol. The minimum atomic E-state index is -0.434. The number of aryl methyl sites for hydroxylation is 1. The number of aromatic nitrogens is 4. The molecule has 5 rings (SSSR count). The first-order valence-electron chi connectivity index (χ1n) is 12.4. The number of hydrogen-bond acceptors (Lipinski definition) is 7. The van der Waals surface area contributed by atoms with Crippen LogP contribution in [0, 0.1) is 5.41 Å². The molecule has 3 heterocycles. The van der Waals surface area contributed by atoms with E-state index in [0.29, 0.717) is 41.0 Å². The smallest absolute Gasteiger partial charge is 0.338 e. The van der Waals surface area contributed by atoms with Crippen molar-refractivity contribution in [2.45, 2.75) is 26.9 Å². The number of rotatable bonds is 8. The highest BCUT2D eigenvalue weighted by molar-refractivity contribution is 6.03. The number of carbonyl (C=O) groups excluding carboxylic acids is 1. The molecule has 0 atom stereocenters. The van der Waals surface area contributed by atoms with Crippen LogP contribution in [0.3, 0.4) is 0 Å². The third kappa shape index (κ3) is 4.47. The monoisotopic (exact) mass is 511 g/mol. The molecular formula is C29H29N5O4. The molecule has 2 aromatic carbocycles. The van der Waals surface area contributed by atoms with Gasteiger partial charge in [0.15, 0.2) is 5.65 Å². The third-order valence-corrected chi connectivity index (χ3v) is 6.53. The van der Waals surface area contributed by atoms with Crippen LogP contribution in [0.1, 0.15) is 29.8 Å². The van der Waals surface area contributed by atoms with Gasteiger partial charge in [-0.15, -0.1) is 0 Å². The Morgan fingerprint density at radius 1 is 0.974 bits per heavy atom. The number of esters is 1. The van der Waals surface area contributed by atoms with Crippen LogP contribution in [0.4, 0.5) is 0 Å². The zero-order valence-corrected chi connectivity index (χ0v) is 21.8. The largest absolute Gasteiger partial charge is 0.497 e. The first-order chi connectivity index (χ1) is 18.5. The van der Waals surface area contributed by atoms with Crippen molar-refractivity contribution in [3.05, 3.63) is 77.5 Å². The summed E-state index contributed by atoms with van der Waals surface area (Å²) >= 11 is 0. The van der Waals surface area contributed by atoms with Crippen molar-refractivity contribution in [1.82, 2.24) is 19.3 Å². The van der Waals surface area contributed by atoms with Crippen LogP contribution in [0.2, 0.25) is 0 Å². The molecule has 9 heteroatoms. The van der Waals surface area contributed by atoms with Crippen molar-refractivity contribution in [2.75, 3.05) is 20.8 Å². The van der Waals surface area contributed by atoms with Crippen molar-refractivity contribution < 1.29 is 19.0 Å². The van der Waals surface area contributed by atoms with Gasteiger partial charge in [-0.2, -0.15) is 5.10 Å². The highest BCUT2D eigenvalue weighted by Gasteiger charge is 2.17. The number of nitrogens with one attached hydrogen (secondary N) is 1. The molecule has 0 aliphatic carbocycles. The molecule has 0 fully saturated rings. The molecule has 5 aromatic rings. The van der Waals surface area contributed by atoms with Crippen LogP contribution in [-0.4, -0.2) is 46.1 Å². The molecule has 0 spiro atoms. The van der Waals surface area contributed by atoms with Gasteiger partial charge in [0.2, 0.25) is 0 Å². The predicted octanol–water partition coefficient (Wildman–Crippen LogP) is 4.79. The van der Waals surface area contributed by atoms with E-state index in [2.05, 4.69) is 5.10 Å². The number of hydrogen-bond donors (Lipinski definition) is 1. The molecule has 1 N–H and O–H groups in total. The van der Waals surface area contributed by atoms with Gasteiger partial charge in [-0.1, -0.05) is 12.1 Å². The second kappa shape index (κ2) is 10.4. The minimum absolute atomic E-state index is 0.273. The van der Waals surface area contributed by atoms with Crippen molar-refractivity contribution in [1.29, 1.82) is 5.41 Å². The number of ether oxygens (including phenoxy) is 3. The SMILES string of the molecule is CCOC(=O)c1cc(OC)cc(-c2cc3cnc4c(cnn4Cc4ccc(OC)cc4)c3n(CC)c2=N)c1. The summed E-state index contributed by atoms with van der Waals surface area (Å²) in [6, 6.07) is 15.0. The summed E-state index contributed by atoms with van der Waals surface area (Å²) in [4.78, 5) is 17.2. The second-order valence-corrected chi connectivity index (χ2v) is 8.77. The third-order valence-electron chi connectivity index (χ3n) is 6.53. The summed E-state index contributed by atoms with van der Waals surface area (Å²) in [5, 5.41) is 15.5. The Hall–Kier alpha value is -4.66. The quantitative estimate of drug-likeness (QED) is 0.300. The summed E-state index contributed by atoms with van der Waals surface area (Å²) in [6.07, 6.45) is 3.62. The fourth-order valence-electron chi connectivity index (χ4n) is 4.68. The van der Waals surface area contributed by atoms with Gasteiger partial charge in [0.1, 0.15) is 17.0 Å². The Labute approximate surface area is 219 Å². The molecule has 0 saturated carbocycles. The van der Waals surface area contributed by atoms with Crippen molar-refractivity contribution in [2.24, 2.45) is 0 Å². The lowest BCUT2D eigenvalue weighted by atomic mass is 10.0. The highest BCUT2D eigenvalue weighted by atomic mass is 16.5. The van der Waals surface area contributed by atoms with Gasteiger partial charge >= 0.3 is 5.97 Å². The van der Waals surface area contributed by atoms with Crippen LogP contribution in [0.5, 0.6) is 11.5 Å². The van der Waals surface area contributed by atoms with E-state index in [1.807, 2.05) is 65.0 Å². The lowest BCUT2D eigenvalue weighted by Gasteiger charge is -2.15. The molecule has 0 aliphatic rings. The Bertz CT molecular complexity index is 1700. The van der Waals surface area contributed by atoms with Crippen LogP contribution < -0.4 is 15.0 Å². The van der Waals surface area contributed by atoms with Gasteiger partial charge in [0.05, 0.1) is 50.0 Å². The standard InChI is InChI=1S/C29H29N5O4/c1-5-33-26-21(14-24(27(33)30)19-11-20(29(35)38-6-2)13-23(12-19)37-4)15-31-28-25(26)16-32-34(28)17-18-7-9-22(36-3)10-8-18/h7-16,30H,5-6,17H2,1-4H3. The first kappa shape index (κ1) is 25.0. The Balaban J connectivity index is 1.64. The van der Waals surface area contributed by atoms with Gasteiger partial charge < -0.3 is 18.8 Å². The van der Waals surface area contributed by atoms with Crippen LogP contribution in [0.25, 0.3) is 33.1 Å². The molecule has 0 aliphatic heterocycles. The fraction of sp³-hybridized carbons (Fsp3) is 0.241. The fourth-order valence-corrected chi connectivity index (χ4v) is 4.68. The van der Waals surface area contributed by atoms with Gasteiger partial charge in [0, 0.05) is 23.7 Å². The number of carbonyl (C=O) groups is 1. The van der Waals surface area contributed by atoms with E-state index >= 15 is 0 Å². The molecular weight excluding hydrogens is 482 g/mol. The minimum Gasteiger partial charge on any atom is -0.497 e. The van der Waals surface area contributed by atoms with Crippen LogP contribution in [0.15, 0.2) is 60.9 Å². The van der Waals surface area contributed by atoms with E-state index in [1.165, 1.54) is 0 Å². The predicted molar refractivity (Wildman–Crippen MR) is 145 cm³/mol. The molecule has 0 amide bonds. The Kier molecular flexibility index (Phi) is 6.83.